The van der Waals surface area contributed by atoms with E-state index in [0.717, 1.165) is 16.8 Å². The third-order valence-electron chi connectivity index (χ3n) is 2.78. The van der Waals surface area contributed by atoms with E-state index in [4.69, 9.17) is 16.1 Å². The SMILES string of the molecule is Oc1ccc(-c2cc(-c3cccc(Cl)c3)on2)cc1. The second-order valence-electron chi connectivity index (χ2n) is 4.13. The van der Waals surface area contributed by atoms with Crippen LogP contribution in [0.3, 0.4) is 0 Å². The molecule has 3 rings (SSSR count). The van der Waals surface area contributed by atoms with Gasteiger partial charge >= 0.3 is 0 Å². The Kier molecular flexibility index (Phi) is 2.97. The zero-order valence-corrected chi connectivity index (χ0v) is 10.6. The van der Waals surface area contributed by atoms with E-state index in [2.05, 4.69) is 5.16 Å². The van der Waals surface area contributed by atoms with Gasteiger partial charge < -0.3 is 9.63 Å². The van der Waals surface area contributed by atoms with Crippen LogP contribution >= 0.6 is 11.6 Å². The van der Waals surface area contributed by atoms with Crippen LogP contribution in [0.5, 0.6) is 5.75 Å². The lowest BCUT2D eigenvalue weighted by molar-refractivity contribution is 0.435. The molecule has 94 valence electrons. The van der Waals surface area contributed by atoms with Gasteiger partial charge in [-0.2, -0.15) is 0 Å². The Morgan fingerprint density at radius 3 is 2.47 bits per heavy atom. The maximum absolute atomic E-state index is 9.26. The van der Waals surface area contributed by atoms with Crippen LogP contribution in [0.4, 0.5) is 0 Å². The average molecular weight is 272 g/mol. The fourth-order valence-corrected chi connectivity index (χ4v) is 2.01. The number of halogens is 1. The normalized spacial score (nSPS) is 10.6. The summed E-state index contributed by atoms with van der Waals surface area (Å²) < 4.78 is 5.32. The first-order valence-corrected chi connectivity index (χ1v) is 6.12. The standard InChI is InChI=1S/C15H10ClNO2/c16-12-3-1-2-11(8-12)15-9-14(17-19-15)10-4-6-13(18)7-5-10/h1-9,18H. The molecule has 0 aliphatic heterocycles. The predicted molar refractivity (Wildman–Crippen MR) is 74.0 cm³/mol. The Labute approximate surface area is 115 Å². The van der Waals surface area contributed by atoms with Crippen LogP contribution in [0.2, 0.25) is 5.02 Å². The Morgan fingerprint density at radius 1 is 0.947 bits per heavy atom. The fourth-order valence-electron chi connectivity index (χ4n) is 1.82. The maximum atomic E-state index is 9.26. The van der Waals surface area contributed by atoms with Crippen LogP contribution in [-0.4, -0.2) is 10.3 Å². The number of phenolic OH excluding ortho intramolecular Hbond substituents is 1. The van der Waals surface area contributed by atoms with Gasteiger partial charge in [-0.05, 0) is 36.4 Å². The van der Waals surface area contributed by atoms with Crippen molar-refractivity contribution >= 4 is 11.6 Å². The predicted octanol–water partition coefficient (Wildman–Crippen LogP) is 4.37. The van der Waals surface area contributed by atoms with Crippen molar-refractivity contribution in [1.29, 1.82) is 0 Å². The molecule has 19 heavy (non-hydrogen) atoms. The molecular weight excluding hydrogens is 262 g/mol. The van der Waals surface area contributed by atoms with E-state index in [1.165, 1.54) is 0 Å². The van der Waals surface area contributed by atoms with Gasteiger partial charge in [-0.15, -0.1) is 0 Å². The molecule has 4 heteroatoms. The van der Waals surface area contributed by atoms with Crippen LogP contribution in [0.1, 0.15) is 0 Å². The summed E-state index contributed by atoms with van der Waals surface area (Å²) in [7, 11) is 0. The van der Waals surface area contributed by atoms with E-state index < -0.39 is 0 Å². The molecule has 0 saturated heterocycles. The highest BCUT2D eigenvalue weighted by Gasteiger charge is 2.08. The molecule has 0 aliphatic rings. The quantitative estimate of drug-likeness (QED) is 0.753. The van der Waals surface area contributed by atoms with Crippen molar-refractivity contribution in [3.63, 3.8) is 0 Å². The van der Waals surface area contributed by atoms with E-state index in [1.54, 1.807) is 24.3 Å². The molecule has 3 aromatic rings. The zero-order chi connectivity index (χ0) is 13.2. The number of nitrogens with zero attached hydrogens (tertiary/aromatic N) is 1. The number of rotatable bonds is 2. The summed E-state index contributed by atoms with van der Waals surface area (Å²) in [5.74, 6) is 0.882. The second kappa shape index (κ2) is 4.78. The summed E-state index contributed by atoms with van der Waals surface area (Å²) in [6, 6.07) is 16.0. The number of aromatic hydroxyl groups is 1. The summed E-state index contributed by atoms with van der Waals surface area (Å²) >= 11 is 5.95. The molecule has 0 saturated carbocycles. The Balaban J connectivity index is 1.97. The topological polar surface area (TPSA) is 46.3 Å². The van der Waals surface area contributed by atoms with Crippen molar-refractivity contribution in [2.75, 3.05) is 0 Å². The Morgan fingerprint density at radius 2 is 1.74 bits per heavy atom. The molecule has 0 radical (unpaired) electrons. The first kappa shape index (κ1) is 11.8. The Bertz CT molecular complexity index is 704. The van der Waals surface area contributed by atoms with E-state index >= 15 is 0 Å². The fraction of sp³-hybridized carbons (Fsp3) is 0. The average Bonchev–Trinajstić information content (AvgIpc) is 2.89. The van der Waals surface area contributed by atoms with Gasteiger partial charge in [0, 0.05) is 22.2 Å². The largest absolute Gasteiger partial charge is 0.508 e. The van der Waals surface area contributed by atoms with Crippen LogP contribution in [0.15, 0.2) is 59.1 Å². The molecule has 3 nitrogen and oxygen atoms in total. The smallest absolute Gasteiger partial charge is 0.167 e. The number of aromatic nitrogens is 1. The minimum absolute atomic E-state index is 0.224. The van der Waals surface area contributed by atoms with Crippen molar-refractivity contribution < 1.29 is 9.63 Å². The zero-order valence-electron chi connectivity index (χ0n) is 9.88. The first-order valence-electron chi connectivity index (χ1n) is 5.74. The molecule has 0 aliphatic carbocycles. The first-order chi connectivity index (χ1) is 9.22. The molecule has 2 aromatic carbocycles. The lowest BCUT2D eigenvalue weighted by Gasteiger charge is -1.95. The second-order valence-corrected chi connectivity index (χ2v) is 4.57. The van der Waals surface area contributed by atoms with Crippen molar-refractivity contribution in [3.8, 4) is 28.3 Å². The van der Waals surface area contributed by atoms with Crippen molar-refractivity contribution in [2.24, 2.45) is 0 Å². The van der Waals surface area contributed by atoms with Gasteiger partial charge in [-0.3, -0.25) is 0 Å². The van der Waals surface area contributed by atoms with Crippen LogP contribution in [-0.2, 0) is 0 Å². The number of hydrogen-bond acceptors (Lipinski definition) is 3. The summed E-state index contributed by atoms with van der Waals surface area (Å²) in [6.45, 7) is 0. The summed E-state index contributed by atoms with van der Waals surface area (Å²) in [4.78, 5) is 0. The van der Waals surface area contributed by atoms with Gasteiger partial charge in [0.25, 0.3) is 0 Å². The van der Waals surface area contributed by atoms with Gasteiger partial charge in [0.05, 0.1) is 0 Å². The summed E-state index contributed by atoms with van der Waals surface area (Å²) in [6.07, 6.45) is 0. The molecule has 0 amide bonds. The van der Waals surface area contributed by atoms with Gasteiger partial charge in [0.1, 0.15) is 11.4 Å². The van der Waals surface area contributed by atoms with Crippen molar-refractivity contribution in [3.05, 3.63) is 59.6 Å². The molecule has 0 fully saturated rings. The number of benzene rings is 2. The third kappa shape index (κ3) is 2.46. The van der Waals surface area contributed by atoms with Crippen molar-refractivity contribution in [1.82, 2.24) is 5.16 Å². The van der Waals surface area contributed by atoms with Gasteiger partial charge in [0.15, 0.2) is 5.76 Å². The van der Waals surface area contributed by atoms with E-state index in [0.29, 0.717) is 10.8 Å². The molecular formula is C15H10ClNO2. The molecule has 1 heterocycles. The van der Waals surface area contributed by atoms with Gasteiger partial charge in [-0.1, -0.05) is 28.9 Å². The minimum Gasteiger partial charge on any atom is -0.508 e. The van der Waals surface area contributed by atoms with Crippen LogP contribution < -0.4 is 0 Å². The summed E-state index contributed by atoms with van der Waals surface area (Å²) in [5, 5.41) is 13.9. The van der Waals surface area contributed by atoms with Crippen LogP contribution in [0.25, 0.3) is 22.6 Å². The molecule has 1 aromatic heterocycles. The van der Waals surface area contributed by atoms with Gasteiger partial charge in [-0.25, -0.2) is 0 Å². The molecule has 0 bridgehead atoms. The monoisotopic (exact) mass is 271 g/mol. The highest BCUT2D eigenvalue weighted by atomic mass is 35.5. The third-order valence-corrected chi connectivity index (χ3v) is 3.02. The lowest BCUT2D eigenvalue weighted by atomic mass is 10.1. The Hall–Kier alpha value is -2.26. The molecule has 0 unspecified atom stereocenters. The molecule has 0 atom stereocenters. The van der Waals surface area contributed by atoms with Gasteiger partial charge in [0.2, 0.25) is 0 Å². The number of hydrogen-bond donors (Lipinski definition) is 1. The summed E-state index contributed by atoms with van der Waals surface area (Å²) in [5.41, 5.74) is 2.48. The van der Waals surface area contributed by atoms with Crippen LogP contribution in [0, 0.1) is 0 Å². The molecule has 0 spiro atoms. The van der Waals surface area contributed by atoms with E-state index in [-0.39, 0.29) is 5.75 Å². The molecule has 1 N–H and O–H groups in total. The lowest BCUT2D eigenvalue weighted by Crippen LogP contribution is -1.75. The van der Waals surface area contributed by atoms with E-state index in [9.17, 15) is 5.11 Å². The highest BCUT2D eigenvalue weighted by molar-refractivity contribution is 6.30. The van der Waals surface area contributed by atoms with E-state index in [1.807, 2.05) is 30.3 Å². The maximum Gasteiger partial charge on any atom is 0.167 e. The minimum atomic E-state index is 0.224. The highest BCUT2D eigenvalue weighted by Crippen LogP contribution is 2.28. The number of phenols is 1. The van der Waals surface area contributed by atoms with Crippen molar-refractivity contribution in [2.45, 2.75) is 0 Å².